The van der Waals surface area contributed by atoms with E-state index in [2.05, 4.69) is 11.9 Å². The molecule has 4 N–H and O–H groups in total. The first-order valence-electron chi connectivity index (χ1n) is 6.50. The van der Waals surface area contributed by atoms with E-state index in [-0.39, 0.29) is 0 Å². The molecular formula is C16H17N3O. The van der Waals surface area contributed by atoms with E-state index in [4.69, 9.17) is 15.9 Å². The Balaban J connectivity index is 2.23. The van der Waals surface area contributed by atoms with Crippen LogP contribution >= 0.6 is 0 Å². The zero-order valence-electron chi connectivity index (χ0n) is 11.8. The molecule has 20 heavy (non-hydrogen) atoms. The second kappa shape index (κ2) is 4.27. The number of oxazole rings is 1. The van der Waals surface area contributed by atoms with Crippen molar-refractivity contribution in [3.63, 3.8) is 0 Å². The molecule has 0 unspecified atom stereocenters. The Hall–Kier alpha value is -2.49. The fourth-order valence-electron chi connectivity index (χ4n) is 2.23. The monoisotopic (exact) mass is 267 g/mol. The number of hydrogen-bond donors (Lipinski definition) is 2. The van der Waals surface area contributed by atoms with Gasteiger partial charge in [0.2, 0.25) is 5.89 Å². The van der Waals surface area contributed by atoms with Crippen LogP contribution in [0.25, 0.3) is 22.6 Å². The molecule has 0 saturated heterocycles. The first kappa shape index (κ1) is 12.5. The molecule has 1 aromatic heterocycles. The molecule has 0 saturated carbocycles. The van der Waals surface area contributed by atoms with E-state index in [9.17, 15) is 0 Å². The summed E-state index contributed by atoms with van der Waals surface area (Å²) in [5.41, 5.74) is 18.9. The molecule has 0 aliphatic rings. The molecule has 0 atom stereocenters. The van der Waals surface area contributed by atoms with Gasteiger partial charge in [0.25, 0.3) is 0 Å². The molecule has 0 radical (unpaired) electrons. The van der Waals surface area contributed by atoms with Crippen LogP contribution in [0.5, 0.6) is 0 Å². The predicted molar refractivity (Wildman–Crippen MR) is 82.5 cm³/mol. The molecule has 0 aliphatic heterocycles. The van der Waals surface area contributed by atoms with Gasteiger partial charge in [0, 0.05) is 16.9 Å². The SMILES string of the molecule is Cc1ccc2nc(-c3cc(N)c(C)c(N)c3)oc2c1C. The standard InChI is InChI=1S/C16H17N3O/c1-8-4-5-14-15(9(8)2)20-16(19-14)11-6-12(17)10(3)13(18)7-11/h4-7H,17-18H2,1-3H3. The summed E-state index contributed by atoms with van der Waals surface area (Å²) in [6.45, 7) is 5.98. The van der Waals surface area contributed by atoms with Gasteiger partial charge >= 0.3 is 0 Å². The molecule has 0 spiro atoms. The number of aryl methyl sites for hydroxylation is 2. The van der Waals surface area contributed by atoms with Gasteiger partial charge in [-0.2, -0.15) is 0 Å². The third-order valence-corrected chi connectivity index (χ3v) is 3.81. The number of aromatic nitrogens is 1. The predicted octanol–water partition coefficient (Wildman–Crippen LogP) is 3.58. The molecule has 0 aliphatic carbocycles. The Labute approximate surface area is 117 Å². The lowest BCUT2D eigenvalue weighted by atomic mass is 10.1. The quantitative estimate of drug-likeness (QED) is 0.660. The van der Waals surface area contributed by atoms with Crippen LogP contribution in [0, 0.1) is 20.8 Å². The molecule has 1 heterocycles. The van der Waals surface area contributed by atoms with E-state index in [1.54, 1.807) is 0 Å². The fraction of sp³-hybridized carbons (Fsp3) is 0.188. The van der Waals surface area contributed by atoms with Crippen molar-refractivity contribution in [1.29, 1.82) is 0 Å². The highest BCUT2D eigenvalue weighted by molar-refractivity contribution is 5.81. The van der Waals surface area contributed by atoms with Gasteiger partial charge in [-0.15, -0.1) is 0 Å². The molecule has 0 amide bonds. The van der Waals surface area contributed by atoms with Crippen LogP contribution in [0.4, 0.5) is 11.4 Å². The van der Waals surface area contributed by atoms with Crippen molar-refractivity contribution in [2.75, 3.05) is 11.5 Å². The molecule has 0 bridgehead atoms. The number of benzene rings is 2. The lowest BCUT2D eigenvalue weighted by Crippen LogP contribution is -1.96. The van der Waals surface area contributed by atoms with Gasteiger partial charge in [-0.25, -0.2) is 4.98 Å². The van der Waals surface area contributed by atoms with Crippen LogP contribution in [0.3, 0.4) is 0 Å². The number of nitrogen functional groups attached to an aromatic ring is 2. The Morgan fingerprint density at radius 2 is 1.60 bits per heavy atom. The topological polar surface area (TPSA) is 78.1 Å². The third kappa shape index (κ3) is 1.81. The number of nitrogens with two attached hydrogens (primary N) is 2. The van der Waals surface area contributed by atoms with E-state index in [0.717, 1.165) is 27.8 Å². The van der Waals surface area contributed by atoms with Crippen molar-refractivity contribution in [3.05, 3.63) is 41.0 Å². The van der Waals surface area contributed by atoms with E-state index >= 15 is 0 Å². The summed E-state index contributed by atoms with van der Waals surface area (Å²) in [4.78, 5) is 4.52. The number of rotatable bonds is 1. The lowest BCUT2D eigenvalue weighted by molar-refractivity contribution is 0.617. The third-order valence-electron chi connectivity index (χ3n) is 3.81. The normalized spacial score (nSPS) is 11.2. The molecule has 3 aromatic rings. The van der Waals surface area contributed by atoms with Crippen LogP contribution in [-0.4, -0.2) is 4.98 Å². The lowest BCUT2D eigenvalue weighted by Gasteiger charge is -2.06. The molecular weight excluding hydrogens is 250 g/mol. The van der Waals surface area contributed by atoms with Gasteiger partial charge in [-0.1, -0.05) is 6.07 Å². The average Bonchev–Trinajstić information content (AvgIpc) is 2.84. The summed E-state index contributed by atoms with van der Waals surface area (Å²) in [5.74, 6) is 0.548. The second-order valence-electron chi connectivity index (χ2n) is 5.15. The van der Waals surface area contributed by atoms with Gasteiger partial charge in [0.05, 0.1) is 0 Å². The molecule has 0 fully saturated rings. The smallest absolute Gasteiger partial charge is 0.227 e. The van der Waals surface area contributed by atoms with Crippen LogP contribution in [0.2, 0.25) is 0 Å². The highest BCUT2D eigenvalue weighted by atomic mass is 16.3. The van der Waals surface area contributed by atoms with E-state index in [1.807, 2.05) is 38.1 Å². The van der Waals surface area contributed by atoms with Crippen molar-refractivity contribution in [3.8, 4) is 11.5 Å². The van der Waals surface area contributed by atoms with Crippen LogP contribution in [0.15, 0.2) is 28.7 Å². The number of hydrogen-bond acceptors (Lipinski definition) is 4. The molecule has 3 rings (SSSR count). The summed E-state index contributed by atoms with van der Waals surface area (Å²) in [6, 6.07) is 7.70. The van der Waals surface area contributed by atoms with Gasteiger partial charge in [0.1, 0.15) is 5.52 Å². The van der Waals surface area contributed by atoms with Crippen molar-refractivity contribution < 1.29 is 4.42 Å². The zero-order valence-corrected chi connectivity index (χ0v) is 11.8. The first-order chi connectivity index (χ1) is 9.47. The van der Waals surface area contributed by atoms with Gasteiger partial charge in [0.15, 0.2) is 5.58 Å². The highest BCUT2D eigenvalue weighted by Gasteiger charge is 2.13. The van der Waals surface area contributed by atoms with Crippen molar-refractivity contribution in [2.24, 2.45) is 0 Å². The fourth-order valence-corrected chi connectivity index (χ4v) is 2.23. The zero-order chi connectivity index (χ0) is 14.4. The van der Waals surface area contributed by atoms with Crippen molar-refractivity contribution in [1.82, 2.24) is 4.98 Å². The Morgan fingerprint density at radius 3 is 2.25 bits per heavy atom. The van der Waals surface area contributed by atoms with Crippen molar-refractivity contribution >= 4 is 22.5 Å². The van der Waals surface area contributed by atoms with Gasteiger partial charge in [-0.05, 0) is 55.7 Å². The summed E-state index contributed by atoms with van der Waals surface area (Å²) in [5, 5.41) is 0. The van der Waals surface area contributed by atoms with Crippen LogP contribution < -0.4 is 11.5 Å². The highest BCUT2D eigenvalue weighted by Crippen LogP contribution is 2.31. The largest absolute Gasteiger partial charge is 0.436 e. The van der Waals surface area contributed by atoms with E-state index in [0.29, 0.717) is 17.3 Å². The number of fused-ring (bicyclic) bond motifs is 1. The summed E-state index contributed by atoms with van der Waals surface area (Å²) in [7, 11) is 0. The maximum Gasteiger partial charge on any atom is 0.227 e. The molecule has 4 nitrogen and oxygen atoms in total. The molecule has 4 heteroatoms. The van der Waals surface area contributed by atoms with Gasteiger partial charge in [-0.3, -0.25) is 0 Å². The van der Waals surface area contributed by atoms with E-state index in [1.165, 1.54) is 5.56 Å². The Morgan fingerprint density at radius 1 is 0.950 bits per heavy atom. The van der Waals surface area contributed by atoms with E-state index < -0.39 is 0 Å². The Bertz CT molecular complexity index is 795. The molecule has 2 aromatic carbocycles. The van der Waals surface area contributed by atoms with Gasteiger partial charge < -0.3 is 15.9 Å². The first-order valence-corrected chi connectivity index (χ1v) is 6.50. The minimum atomic E-state index is 0.548. The minimum absolute atomic E-state index is 0.548. The number of anilines is 2. The maximum atomic E-state index is 5.96. The number of nitrogens with zero attached hydrogens (tertiary/aromatic N) is 1. The molecule has 102 valence electrons. The maximum absolute atomic E-state index is 5.96. The summed E-state index contributed by atoms with van der Waals surface area (Å²) in [6.07, 6.45) is 0. The van der Waals surface area contributed by atoms with Crippen LogP contribution in [-0.2, 0) is 0 Å². The average molecular weight is 267 g/mol. The van der Waals surface area contributed by atoms with Crippen molar-refractivity contribution in [2.45, 2.75) is 20.8 Å². The Kier molecular flexibility index (Phi) is 2.67. The summed E-state index contributed by atoms with van der Waals surface area (Å²) < 4.78 is 5.89. The second-order valence-corrected chi connectivity index (χ2v) is 5.15. The summed E-state index contributed by atoms with van der Waals surface area (Å²) >= 11 is 0. The minimum Gasteiger partial charge on any atom is -0.436 e. The van der Waals surface area contributed by atoms with Crippen LogP contribution in [0.1, 0.15) is 16.7 Å².